The number of aromatic nitrogens is 2. The number of pyridine rings is 1. The Morgan fingerprint density at radius 3 is 3.12 bits per heavy atom. The largest absolute Gasteiger partial charge is 0.480 e. The molecule has 0 saturated carbocycles. The Bertz CT molecular complexity index is 533. The molecular weight excluding hydrogens is 206 g/mol. The van der Waals surface area contributed by atoms with Crippen molar-refractivity contribution in [2.45, 2.75) is 19.4 Å². The quantitative estimate of drug-likeness (QED) is 0.712. The first-order valence-corrected chi connectivity index (χ1v) is 4.99. The first-order valence-electron chi connectivity index (χ1n) is 4.99. The van der Waals surface area contributed by atoms with Crippen LogP contribution in [0.4, 0.5) is 0 Å². The number of carboxylic acids is 1. The summed E-state index contributed by atoms with van der Waals surface area (Å²) in [6, 6.07) is 1.10. The van der Waals surface area contributed by atoms with E-state index in [1.54, 1.807) is 12.4 Å². The molecule has 84 valence electrons. The molecule has 2 aromatic heterocycles. The van der Waals surface area contributed by atoms with Gasteiger partial charge in [0.2, 0.25) is 0 Å². The van der Waals surface area contributed by atoms with Gasteiger partial charge in [0, 0.05) is 24.2 Å². The minimum Gasteiger partial charge on any atom is -0.480 e. The molecule has 2 aromatic rings. The second-order valence-electron chi connectivity index (χ2n) is 3.87. The van der Waals surface area contributed by atoms with E-state index in [0.29, 0.717) is 6.42 Å². The van der Waals surface area contributed by atoms with Crippen molar-refractivity contribution in [2.24, 2.45) is 5.73 Å². The zero-order chi connectivity index (χ0) is 11.7. The number of hydrogen-bond acceptors (Lipinski definition) is 3. The normalized spacial score (nSPS) is 12.9. The monoisotopic (exact) mass is 219 g/mol. The van der Waals surface area contributed by atoms with E-state index in [1.807, 2.05) is 13.0 Å². The highest BCUT2D eigenvalue weighted by Crippen LogP contribution is 2.18. The van der Waals surface area contributed by atoms with Gasteiger partial charge in [0.05, 0.1) is 0 Å². The number of nitrogens with one attached hydrogen (secondary N) is 1. The van der Waals surface area contributed by atoms with Gasteiger partial charge < -0.3 is 15.8 Å². The summed E-state index contributed by atoms with van der Waals surface area (Å²) in [7, 11) is 0. The third-order valence-corrected chi connectivity index (χ3v) is 2.51. The third kappa shape index (κ3) is 1.90. The highest BCUT2D eigenvalue weighted by Gasteiger charge is 2.15. The van der Waals surface area contributed by atoms with Gasteiger partial charge in [-0.3, -0.25) is 4.79 Å². The van der Waals surface area contributed by atoms with Crippen molar-refractivity contribution in [3.8, 4) is 0 Å². The van der Waals surface area contributed by atoms with E-state index in [-0.39, 0.29) is 0 Å². The van der Waals surface area contributed by atoms with Crippen LogP contribution in [0.25, 0.3) is 11.0 Å². The van der Waals surface area contributed by atoms with Crippen LogP contribution in [0.5, 0.6) is 0 Å². The number of aryl methyl sites for hydroxylation is 1. The summed E-state index contributed by atoms with van der Waals surface area (Å²) in [4.78, 5) is 17.9. The van der Waals surface area contributed by atoms with E-state index in [2.05, 4.69) is 9.97 Å². The first kappa shape index (κ1) is 10.6. The van der Waals surface area contributed by atoms with Gasteiger partial charge >= 0.3 is 5.97 Å². The predicted molar refractivity (Wildman–Crippen MR) is 60.1 cm³/mol. The van der Waals surface area contributed by atoms with Crippen LogP contribution in [0.2, 0.25) is 0 Å². The van der Waals surface area contributed by atoms with Crippen LogP contribution >= 0.6 is 0 Å². The van der Waals surface area contributed by atoms with Gasteiger partial charge in [-0.15, -0.1) is 0 Å². The van der Waals surface area contributed by atoms with Crippen LogP contribution in [-0.2, 0) is 11.2 Å². The summed E-state index contributed by atoms with van der Waals surface area (Å²) in [5.74, 6) is -0.991. The van der Waals surface area contributed by atoms with E-state index in [9.17, 15) is 4.79 Å². The second-order valence-corrected chi connectivity index (χ2v) is 3.87. The summed E-state index contributed by atoms with van der Waals surface area (Å²) < 4.78 is 0. The molecule has 16 heavy (non-hydrogen) atoms. The number of hydrogen-bond donors (Lipinski definition) is 3. The Kier molecular flexibility index (Phi) is 2.62. The third-order valence-electron chi connectivity index (χ3n) is 2.51. The molecule has 0 aliphatic rings. The Morgan fingerprint density at radius 2 is 2.44 bits per heavy atom. The molecule has 0 bridgehead atoms. The second kappa shape index (κ2) is 3.94. The predicted octanol–water partition coefficient (Wildman–Crippen LogP) is 0.826. The summed E-state index contributed by atoms with van der Waals surface area (Å²) in [6.07, 6.45) is 3.83. The lowest BCUT2D eigenvalue weighted by atomic mass is 10.1. The van der Waals surface area contributed by atoms with Crippen molar-refractivity contribution in [1.29, 1.82) is 0 Å². The van der Waals surface area contributed by atoms with Crippen molar-refractivity contribution in [1.82, 2.24) is 9.97 Å². The SMILES string of the molecule is Cc1cnc2[nH]cc(C[C@H](N)C(=O)O)c2c1. The molecule has 2 heterocycles. The number of fused-ring (bicyclic) bond motifs is 1. The molecule has 0 aromatic carbocycles. The van der Waals surface area contributed by atoms with Crippen molar-refractivity contribution in [2.75, 3.05) is 0 Å². The van der Waals surface area contributed by atoms with E-state index in [1.165, 1.54) is 0 Å². The summed E-state index contributed by atoms with van der Waals surface area (Å²) in [5.41, 5.74) is 8.19. The van der Waals surface area contributed by atoms with Gasteiger partial charge in [-0.1, -0.05) is 0 Å². The van der Waals surface area contributed by atoms with Gasteiger partial charge in [-0.25, -0.2) is 4.98 Å². The minimum absolute atomic E-state index is 0.306. The maximum Gasteiger partial charge on any atom is 0.320 e. The Morgan fingerprint density at radius 1 is 1.69 bits per heavy atom. The smallest absolute Gasteiger partial charge is 0.320 e. The standard InChI is InChI=1S/C11H13N3O2/c1-6-2-8-7(3-9(12)11(15)16)5-14-10(8)13-4-6/h2,4-5,9H,3,12H2,1H3,(H,13,14)(H,15,16)/t9-/m0/s1. The molecule has 0 aliphatic heterocycles. The molecule has 0 radical (unpaired) electrons. The fourth-order valence-corrected chi connectivity index (χ4v) is 1.66. The highest BCUT2D eigenvalue weighted by atomic mass is 16.4. The van der Waals surface area contributed by atoms with Gasteiger partial charge in [0.1, 0.15) is 11.7 Å². The minimum atomic E-state index is -0.991. The molecule has 0 amide bonds. The van der Waals surface area contributed by atoms with Crippen LogP contribution < -0.4 is 5.73 Å². The number of carboxylic acid groups (broad SMARTS) is 1. The molecule has 4 N–H and O–H groups in total. The first-order chi connectivity index (χ1) is 7.58. The van der Waals surface area contributed by atoms with Crippen LogP contribution in [0.3, 0.4) is 0 Å². The van der Waals surface area contributed by atoms with Gasteiger partial charge in [0.15, 0.2) is 0 Å². The lowest BCUT2D eigenvalue weighted by Gasteiger charge is -2.04. The molecule has 0 saturated heterocycles. The van der Waals surface area contributed by atoms with E-state index < -0.39 is 12.0 Å². The Labute approximate surface area is 92.3 Å². The molecule has 1 atom stereocenters. The van der Waals surface area contributed by atoms with Crippen LogP contribution in [0, 0.1) is 6.92 Å². The topological polar surface area (TPSA) is 92.0 Å². The number of aromatic amines is 1. The molecule has 5 heteroatoms. The maximum atomic E-state index is 10.7. The Balaban J connectivity index is 2.37. The number of carbonyl (C=O) groups is 1. The van der Waals surface area contributed by atoms with Crippen molar-refractivity contribution >= 4 is 17.0 Å². The van der Waals surface area contributed by atoms with Crippen LogP contribution in [-0.4, -0.2) is 27.1 Å². The fraction of sp³-hybridized carbons (Fsp3) is 0.273. The van der Waals surface area contributed by atoms with E-state index in [4.69, 9.17) is 10.8 Å². The summed E-state index contributed by atoms with van der Waals surface area (Å²) in [6.45, 7) is 1.94. The summed E-state index contributed by atoms with van der Waals surface area (Å²) in [5, 5.41) is 9.70. The van der Waals surface area contributed by atoms with Gasteiger partial charge in [0.25, 0.3) is 0 Å². The number of H-pyrrole nitrogens is 1. The fourth-order valence-electron chi connectivity index (χ4n) is 1.66. The van der Waals surface area contributed by atoms with Gasteiger partial charge in [-0.2, -0.15) is 0 Å². The maximum absolute atomic E-state index is 10.7. The number of aliphatic carboxylic acids is 1. The summed E-state index contributed by atoms with van der Waals surface area (Å²) >= 11 is 0. The van der Waals surface area contributed by atoms with E-state index in [0.717, 1.165) is 22.2 Å². The highest BCUT2D eigenvalue weighted by molar-refractivity contribution is 5.82. The van der Waals surface area contributed by atoms with Crippen molar-refractivity contribution < 1.29 is 9.90 Å². The molecule has 0 fully saturated rings. The van der Waals surface area contributed by atoms with Gasteiger partial charge in [-0.05, 0) is 24.1 Å². The Hall–Kier alpha value is -1.88. The molecule has 0 spiro atoms. The number of nitrogens with zero attached hydrogens (tertiary/aromatic N) is 1. The number of nitrogens with two attached hydrogens (primary N) is 1. The molecule has 2 rings (SSSR count). The molecule has 0 aliphatic carbocycles. The lowest BCUT2D eigenvalue weighted by molar-refractivity contribution is -0.138. The molecule has 5 nitrogen and oxygen atoms in total. The average molecular weight is 219 g/mol. The van der Waals surface area contributed by atoms with Crippen LogP contribution in [0.15, 0.2) is 18.5 Å². The zero-order valence-corrected chi connectivity index (χ0v) is 8.90. The molecule has 0 unspecified atom stereocenters. The van der Waals surface area contributed by atoms with E-state index >= 15 is 0 Å². The lowest BCUT2D eigenvalue weighted by Crippen LogP contribution is -2.32. The zero-order valence-electron chi connectivity index (χ0n) is 8.90. The van der Waals surface area contributed by atoms with Crippen LogP contribution in [0.1, 0.15) is 11.1 Å². The molecular formula is C11H13N3O2. The number of rotatable bonds is 3. The van der Waals surface area contributed by atoms with Crippen molar-refractivity contribution in [3.63, 3.8) is 0 Å². The van der Waals surface area contributed by atoms with Crippen molar-refractivity contribution in [3.05, 3.63) is 29.6 Å². The average Bonchev–Trinajstić information content (AvgIpc) is 2.61.